The molecule has 4 saturated carbocycles. The van der Waals surface area contributed by atoms with Crippen molar-refractivity contribution >= 4 is 0 Å². The maximum Gasteiger partial charge on any atom is 0.0709 e. The summed E-state index contributed by atoms with van der Waals surface area (Å²) >= 11 is 0. The minimum Gasteiger partial charge on any atom is -0.378 e. The molecule has 2 nitrogen and oxygen atoms in total. The third-order valence-corrected chi connectivity index (χ3v) is 5.63. The highest BCUT2D eigenvalue weighted by Gasteiger charge is 2.60. The number of hydrogen-bond donors (Lipinski definition) is 0. The zero-order chi connectivity index (χ0) is 10.7. The van der Waals surface area contributed by atoms with Crippen molar-refractivity contribution in [3.05, 3.63) is 0 Å². The molecule has 4 bridgehead atoms. The van der Waals surface area contributed by atoms with Gasteiger partial charge in [0.2, 0.25) is 0 Å². The lowest BCUT2D eigenvalue weighted by molar-refractivity contribution is -0.237. The van der Waals surface area contributed by atoms with Crippen LogP contribution in [-0.4, -0.2) is 25.4 Å². The fourth-order valence-electron chi connectivity index (χ4n) is 4.70. The minimum absolute atomic E-state index is 0.138. The van der Waals surface area contributed by atoms with Crippen molar-refractivity contribution in [1.82, 2.24) is 0 Å². The second-order valence-electron chi connectivity index (χ2n) is 6.12. The van der Waals surface area contributed by atoms with E-state index in [1.807, 2.05) is 14.2 Å². The third-order valence-electron chi connectivity index (χ3n) is 5.63. The summed E-state index contributed by atoms with van der Waals surface area (Å²) < 4.78 is 11.7. The molecule has 2 unspecified atom stereocenters. The molecule has 2 atom stereocenters. The first kappa shape index (κ1) is 10.1. The van der Waals surface area contributed by atoms with Gasteiger partial charge in [0.25, 0.3) is 0 Å². The fourth-order valence-corrected chi connectivity index (χ4v) is 4.70. The molecular formula is C13H22O2. The normalized spacial score (nSPS) is 57.4. The van der Waals surface area contributed by atoms with E-state index < -0.39 is 0 Å². The van der Waals surface area contributed by atoms with Crippen LogP contribution in [0.25, 0.3) is 0 Å². The van der Waals surface area contributed by atoms with E-state index in [2.05, 4.69) is 6.92 Å². The second kappa shape index (κ2) is 2.98. The molecule has 0 aromatic heterocycles. The molecule has 0 N–H and O–H groups in total. The van der Waals surface area contributed by atoms with Gasteiger partial charge in [-0.2, -0.15) is 0 Å². The molecule has 4 aliphatic rings. The molecular weight excluding hydrogens is 188 g/mol. The van der Waals surface area contributed by atoms with E-state index in [-0.39, 0.29) is 11.2 Å². The first-order valence-electron chi connectivity index (χ1n) is 6.22. The van der Waals surface area contributed by atoms with E-state index in [4.69, 9.17) is 9.47 Å². The van der Waals surface area contributed by atoms with Gasteiger partial charge in [-0.05, 0) is 56.8 Å². The SMILES string of the molecule is COC12CC3CC(C1)C(C)(OC)C(C3)C2. The van der Waals surface area contributed by atoms with Crippen LogP contribution in [-0.2, 0) is 9.47 Å². The lowest BCUT2D eigenvalue weighted by Gasteiger charge is -2.63. The minimum atomic E-state index is 0.138. The molecule has 4 aliphatic carbocycles. The molecule has 4 rings (SSSR count). The average Bonchev–Trinajstić information content (AvgIpc) is 2.25. The summed E-state index contributed by atoms with van der Waals surface area (Å²) in [6.45, 7) is 2.32. The van der Waals surface area contributed by atoms with Crippen molar-refractivity contribution in [2.24, 2.45) is 17.8 Å². The van der Waals surface area contributed by atoms with Crippen molar-refractivity contribution in [3.63, 3.8) is 0 Å². The predicted molar refractivity (Wildman–Crippen MR) is 58.7 cm³/mol. The quantitative estimate of drug-likeness (QED) is 0.697. The number of ether oxygens (including phenoxy) is 2. The van der Waals surface area contributed by atoms with Crippen LogP contribution in [0.2, 0.25) is 0 Å². The Balaban J connectivity index is 1.94. The van der Waals surface area contributed by atoms with Gasteiger partial charge in [-0.25, -0.2) is 0 Å². The maximum absolute atomic E-state index is 5.85. The molecule has 0 amide bonds. The van der Waals surface area contributed by atoms with Crippen molar-refractivity contribution in [3.8, 4) is 0 Å². The zero-order valence-electron chi connectivity index (χ0n) is 10.1. The van der Waals surface area contributed by atoms with E-state index in [0.717, 1.165) is 17.8 Å². The predicted octanol–water partition coefficient (Wildman–Crippen LogP) is 2.62. The van der Waals surface area contributed by atoms with Crippen molar-refractivity contribution < 1.29 is 9.47 Å². The molecule has 0 saturated heterocycles. The van der Waals surface area contributed by atoms with Gasteiger partial charge in [0, 0.05) is 14.2 Å². The number of hydrogen-bond acceptors (Lipinski definition) is 2. The van der Waals surface area contributed by atoms with Crippen LogP contribution in [0, 0.1) is 17.8 Å². The van der Waals surface area contributed by atoms with Gasteiger partial charge < -0.3 is 9.47 Å². The molecule has 0 spiro atoms. The topological polar surface area (TPSA) is 18.5 Å². The zero-order valence-corrected chi connectivity index (χ0v) is 10.1. The summed E-state index contributed by atoms with van der Waals surface area (Å²) in [6.07, 6.45) is 6.48. The maximum atomic E-state index is 5.85. The number of rotatable bonds is 2. The van der Waals surface area contributed by atoms with Gasteiger partial charge in [0.15, 0.2) is 0 Å². The lowest BCUT2D eigenvalue weighted by atomic mass is 9.48. The first-order valence-corrected chi connectivity index (χ1v) is 6.22. The van der Waals surface area contributed by atoms with Crippen LogP contribution in [0.3, 0.4) is 0 Å². The highest BCUT2D eigenvalue weighted by molar-refractivity contribution is 5.12. The molecule has 86 valence electrons. The van der Waals surface area contributed by atoms with E-state index >= 15 is 0 Å². The smallest absolute Gasteiger partial charge is 0.0709 e. The van der Waals surface area contributed by atoms with Gasteiger partial charge in [-0.1, -0.05) is 0 Å². The van der Waals surface area contributed by atoms with Crippen molar-refractivity contribution in [2.45, 2.75) is 50.2 Å². The van der Waals surface area contributed by atoms with Crippen molar-refractivity contribution in [2.75, 3.05) is 14.2 Å². The Labute approximate surface area is 92.3 Å². The molecule has 0 radical (unpaired) electrons. The summed E-state index contributed by atoms with van der Waals surface area (Å²) in [4.78, 5) is 0. The Hall–Kier alpha value is -0.0800. The van der Waals surface area contributed by atoms with Gasteiger partial charge in [-0.3, -0.25) is 0 Å². The molecule has 4 fully saturated rings. The largest absolute Gasteiger partial charge is 0.378 e. The van der Waals surface area contributed by atoms with E-state index in [0.29, 0.717) is 0 Å². The standard InChI is InChI=1S/C13H22O2/c1-12(14-2)10-4-9-5-11(12)8-13(6-9,7-10)15-3/h9-11H,4-8H2,1-3H3. The van der Waals surface area contributed by atoms with Crippen LogP contribution < -0.4 is 0 Å². The summed E-state index contributed by atoms with van der Waals surface area (Å²) in [5.41, 5.74) is 0.355. The Morgan fingerprint density at radius 3 is 2.00 bits per heavy atom. The Morgan fingerprint density at radius 2 is 1.53 bits per heavy atom. The van der Waals surface area contributed by atoms with Crippen LogP contribution in [0.1, 0.15) is 39.0 Å². The first-order chi connectivity index (χ1) is 7.12. The summed E-state index contributed by atoms with van der Waals surface area (Å²) in [5, 5.41) is 0. The van der Waals surface area contributed by atoms with E-state index in [1.165, 1.54) is 32.1 Å². The summed E-state index contributed by atoms with van der Waals surface area (Å²) in [6, 6.07) is 0. The fraction of sp³-hybridized carbons (Fsp3) is 1.00. The van der Waals surface area contributed by atoms with Gasteiger partial charge >= 0.3 is 0 Å². The van der Waals surface area contributed by atoms with Gasteiger partial charge in [0.1, 0.15) is 0 Å². The third kappa shape index (κ3) is 1.18. The highest BCUT2D eigenvalue weighted by atomic mass is 16.5. The monoisotopic (exact) mass is 210 g/mol. The second-order valence-corrected chi connectivity index (χ2v) is 6.12. The van der Waals surface area contributed by atoms with Gasteiger partial charge in [-0.15, -0.1) is 0 Å². The van der Waals surface area contributed by atoms with E-state index in [9.17, 15) is 0 Å². The van der Waals surface area contributed by atoms with E-state index in [1.54, 1.807) is 0 Å². The Morgan fingerprint density at radius 1 is 0.933 bits per heavy atom. The lowest BCUT2D eigenvalue weighted by Crippen LogP contribution is -2.63. The molecule has 0 heterocycles. The van der Waals surface area contributed by atoms with Crippen LogP contribution in [0.4, 0.5) is 0 Å². The van der Waals surface area contributed by atoms with Gasteiger partial charge in [0.05, 0.1) is 11.2 Å². The molecule has 0 aromatic carbocycles. The van der Waals surface area contributed by atoms with Crippen LogP contribution in [0.5, 0.6) is 0 Å². The average molecular weight is 210 g/mol. The Bertz CT molecular complexity index is 258. The number of methoxy groups -OCH3 is 2. The van der Waals surface area contributed by atoms with Crippen molar-refractivity contribution in [1.29, 1.82) is 0 Å². The molecule has 0 aliphatic heterocycles. The highest BCUT2D eigenvalue weighted by Crippen LogP contribution is 2.61. The molecule has 15 heavy (non-hydrogen) atoms. The molecule has 2 heteroatoms. The molecule has 0 aromatic rings. The summed E-state index contributed by atoms with van der Waals surface area (Å²) in [5.74, 6) is 2.37. The van der Waals surface area contributed by atoms with Crippen LogP contribution in [0.15, 0.2) is 0 Å². The summed E-state index contributed by atoms with van der Waals surface area (Å²) in [7, 11) is 3.79. The van der Waals surface area contributed by atoms with Crippen LogP contribution >= 0.6 is 0 Å². The Kier molecular flexibility index (Phi) is 2.01.